The molecule has 2 rings (SSSR count). The van der Waals surface area contributed by atoms with E-state index < -0.39 is 0 Å². The van der Waals surface area contributed by atoms with Crippen LogP contribution in [0.25, 0.3) is 6.08 Å². The molecule has 0 heterocycles. The minimum absolute atomic E-state index is 0.0700. The van der Waals surface area contributed by atoms with Crippen LogP contribution < -0.4 is 4.74 Å². The van der Waals surface area contributed by atoms with Crippen LogP contribution in [0.2, 0.25) is 0 Å². The number of phenols is 2. The smallest absolute Gasteiger partial charge is 0.185 e. The fourth-order valence-corrected chi connectivity index (χ4v) is 1.68. The zero-order valence-electron chi connectivity index (χ0n) is 10.9. The fraction of sp³-hybridized carbons (Fsp3) is 0.0625. The summed E-state index contributed by atoms with van der Waals surface area (Å²) in [6.07, 6.45) is 2.88. The number of aromatic hydroxyl groups is 2. The number of ether oxygens (including phenoxy) is 1. The van der Waals surface area contributed by atoms with E-state index in [1.807, 2.05) is 0 Å². The summed E-state index contributed by atoms with van der Waals surface area (Å²) >= 11 is 0. The van der Waals surface area contributed by atoms with Crippen LogP contribution in [-0.4, -0.2) is 23.1 Å². The maximum atomic E-state index is 11.9. The second-order valence-electron chi connectivity index (χ2n) is 4.17. The molecule has 0 bridgehead atoms. The Morgan fingerprint density at radius 1 is 1.10 bits per heavy atom. The molecule has 0 aliphatic rings. The minimum atomic E-state index is -0.216. The molecule has 2 aromatic carbocycles. The lowest BCUT2D eigenvalue weighted by atomic mass is 10.1. The van der Waals surface area contributed by atoms with Crippen molar-refractivity contribution in [1.29, 1.82) is 0 Å². The maximum Gasteiger partial charge on any atom is 0.185 e. The average molecular weight is 270 g/mol. The highest BCUT2D eigenvalue weighted by Crippen LogP contribution is 2.24. The van der Waals surface area contributed by atoms with Gasteiger partial charge in [-0.25, -0.2) is 0 Å². The summed E-state index contributed by atoms with van der Waals surface area (Å²) in [5.41, 5.74) is 0.956. The highest BCUT2D eigenvalue weighted by molar-refractivity contribution is 6.07. The lowest BCUT2D eigenvalue weighted by Crippen LogP contribution is -1.93. The minimum Gasteiger partial charge on any atom is -0.508 e. The molecule has 2 N–H and O–H groups in total. The van der Waals surface area contributed by atoms with Crippen LogP contribution in [0.1, 0.15) is 15.9 Å². The molecule has 4 heteroatoms. The van der Waals surface area contributed by atoms with E-state index in [1.54, 1.807) is 12.1 Å². The van der Waals surface area contributed by atoms with E-state index in [0.717, 1.165) is 0 Å². The summed E-state index contributed by atoms with van der Waals surface area (Å²) in [7, 11) is 1.53. The molecule has 20 heavy (non-hydrogen) atoms. The maximum absolute atomic E-state index is 11.9. The number of methoxy groups -OCH3 is 1. The molecule has 2 aromatic rings. The van der Waals surface area contributed by atoms with Crippen LogP contribution in [-0.2, 0) is 0 Å². The van der Waals surface area contributed by atoms with E-state index in [9.17, 15) is 9.90 Å². The van der Waals surface area contributed by atoms with Crippen molar-refractivity contribution >= 4 is 11.9 Å². The van der Waals surface area contributed by atoms with E-state index in [2.05, 4.69) is 0 Å². The molecule has 102 valence electrons. The van der Waals surface area contributed by atoms with Gasteiger partial charge in [-0.15, -0.1) is 0 Å². The second-order valence-corrected chi connectivity index (χ2v) is 4.17. The standard InChI is InChI=1S/C16H14O4/c1-20-14-7-9-16(19)12(10-14)4-8-15(18)11-2-5-13(17)6-3-11/h2-10,17,19H,1H3. The first kappa shape index (κ1) is 13.7. The van der Waals surface area contributed by atoms with Gasteiger partial charge in [-0.05, 0) is 54.6 Å². The van der Waals surface area contributed by atoms with Gasteiger partial charge in [0.1, 0.15) is 17.2 Å². The van der Waals surface area contributed by atoms with Crippen molar-refractivity contribution in [3.8, 4) is 17.2 Å². The third-order valence-electron chi connectivity index (χ3n) is 2.80. The Kier molecular flexibility index (Phi) is 4.05. The van der Waals surface area contributed by atoms with Crippen molar-refractivity contribution in [3.63, 3.8) is 0 Å². The summed E-state index contributed by atoms with van der Waals surface area (Å²) in [5, 5.41) is 18.9. The van der Waals surface area contributed by atoms with Crippen LogP contribution in [0.3, 0.4) is 0 Å². The number of ketones is 1. The van der Waals surface area contributed by atoms with Gasteiger partial charge in [0.25, 0.3) is 0 Å². The molecular formula is C16H14O4. The number of rotatable bonds is 4. The lowest BCUT2D eigenvalue weighted by Gasteiger charge is -2.03. The third kappa shape index (κ3) is 3.17. The van der Waals surface area contributed by atoms with E-state index in [4.69, 9.17) is 9.84 Å². The second kappa shape index (κ2) is 5.93. The van der Waals surface area contributed by atoms with E-state index in [-0.39, 0.29) is 17.3 Å². The Balaban J connectivity index is 2.20. The van der Waals surface area contributed by atoms with Crippen LogP contribution >= 0.6 is 0 Å². The molecule has 0 amide bonds. The first-order valence-electron chi connectivity index (χ1n) is 5.98. The van der Waals surface area contributed by atoms with Gasteiger partial charge in [0.05, 0.1) is 7.11 Å². The van der Waals surface area contributed by atoms with E-state index in [1.165, 1.54) is 49.6 Å². The van der Waals surface area contributed by atoms with E-state index >= 15 is 0 Å². The summed E-state index contributed by atoms with van der Waals surface area (Å²) in [6, 6.07) is 10.7. The SMILES string of the molecule is COc1ccc(O)c(C=CC(=O)c2ccc(O)cc2)c1. The van der Waals surface area contributed by atoms with Gasteiger partial charge < -0.3 is 14.9 Å². The van der Waals surface area contributed by atoms with Gasteiger partial charge in [-0.2, -0.15) is 0 Å². The molecule has 0 aliphatic carbocycles. The fourth-order valence-electron chi connectivity index (χ4n) is 1.68. The molecule has 0 atom stereocenters. The Labute approximate surface area is 116 Å². The number of benzene rings is 2. The van der Waals surface area contributed by atoms with Crippen LogP contribution in [0.5, 0.6) is 17.2 Å². The number of phenolic OH excluding ortho intramolecular Hbond substituents is 2. The number of carbonyl (C=O) groups is 1. The number of carbonyl (C=O) groups excluding carboxylic acids is 1. The molecule has 0 spiro atoms. The predicted molar refractivity (Wildman–Crippen MR) is 76.1 cm³/mol. The van der Waals surface area contributed by atoms with Crippen molar-refractivity contribution < 1.29 is 19.7 Å². The molecule has 0 aromatic heterocycles. The number of hydrogen-bond donors (Lipinski definition) is 2. The predicted octanol–water partition coefficient (Wildman–Crippen LogP) is 3.00. The summed E-state index contributed by atoms with van der Waals surface area (Å²) < 4.78 is 5.06. The summed E-state index contributed by atoms with van der Waals surface area (Å²) in [6.45, 7) is 0. The molecular weight excluding hydrogens is 256 g/mol. The van der Waals surface area contributed by atoms with Crippen molar-refractivity contribution in [2.24, 2.45) is 0 Å². The largest absolute Gasteiger partial charge is 0.508 e. The molecule has 0 saturated heterocycles. The third-order valence-corrected chi connectivity index (χ3v) is 2.80. The van der Waals surface area contributed by atoms with Crippen LogP contribution in [0, 0.1) is 0 Å². The average Bonchev–Trinajstić information content (AvgIpc) is 2.47. The Morgan fingerprint density at radius 3 is 2.45 bits per heavy atom. The number of allylic oxidation sites excluding steroid dienone is 1. The van der Waals surface area contributed by atoms with Gasteiger partial charge >= 0.3 is 0 Å². The normalized spacial score (nSPS) is 10.7. The Bertz CT molecular complexity index is 642. The van der Waals surface area contributed by atoms with Gasteiger partial charge in [0.2, 0.25) is 0 Å². The molecule has 0 aliphatic heterocycles. The summed E-state index contributed by atoms with van der Waals surface area (Å²) in [5.74, 6) is 0.559. The zero-order chi connectivity index (χ0) is 14.5. The summed E-state index contributed by atoms with van der Waals surface area (Å²) in [4.78, 5) is 11.9. The van der Waals surface area contributed by atoms with Crippen molar-refractivity contribution in [2.45, 2.75) is 0 Å². The van der Waals surface area contributed by atoms with Gasteiger partial charge in [0, 0.05) is 11.1 Å². The Hall–Kier alpha value is -2.75. The number of hydrogen-bond acceptors (Lipinski definition) is 4. The van der Waals surface area contributed by atoms with Gasteiger partial charge in [-0.1, -0.05) is 0 Å². The molecule has 0 radical (unpaired) electrons. The first-order valence-corrected chi connectivity index (χ1v) is 5.98. The first-order chi connectivity index (χ1) is 9.60. The van der Waals surface area contributed by atoms with Crippen LogP contribution in [0.15, 0.2) is 48.5 Å². The van der Waals surface area contributed by atoms with E-state index in [0.29, 0.717) is 16.9 Å². The Morgan fingerprint density at radius 2 is 1.80 bits per heavy atom. The molecule has 4 nitrogen and oxygen atoms in total. The highest BCUT2D eigenvalue weighted by atomic mass is 16.5. The molecule has 0 fully saturated rings. The molecule has 0 saturated carbocycles. The monoisotopic (exact) mass is 270 g/mol. The van der Waals surface area contributed by atoms with Gasteiger partial charge in [0.15, 0.2) is 5.78 Å². The molecule has 0 unspecified atom stereocenters. The van der Waals surface area contributed by atoms with Crippen LogP contribution in [0.4, 0.5) is 0 Å². The van der Waals surface area contributed by atoms with Crippen molar-refractivity contribution in [3.05, 3.63) is 59.7 Å². The lowest BCUT2D eigenvalue weighted by molar-refractivity contribution is 0.104. The topological polar surface area (TPSA) is 66.8 Å². The zero-order valence-corrected chi connectivity index (χ0v) is 10.9. The van der Waals surface area contributed by atoms with Crippen molar-refractivity contribution in [2.75, 3.05) is 7.11 Å². The van der Waals surface area contributed by atoms with Crippen molar-refractivity contribution in [1.82, 2.24) is 0 Å². The quantitative estimate of drug-likeness (QED) is 0.662. The highest BCUT2D eigenvalue weighted by Gasteiger charge is 2.03. The van der Waals surface area contributed by atoms with Gasteiger partial charge in [-0.3, -0.25) is 4.79 Å².